The number of carbonyl (C=O) groups excluding carboxylic acids is 1. The quantitative estimate of drug-likeness (QED) is 0.175. The molecule has 0 fully saturated rings. The van der Waals surface area contributed by atoms with Gasteiger partial charge in [-0.05, 0) is 26.3 Å². The summed E-state index contributed by atoms with van der Waals surface area (Å²) in [5.74, 6) is -0.938. The summed E-state index contributed by atoms with van der Waals surface area (Å²) >= 11 is 0. The minimum absolute atomic E-state index is 0.148. The number of ether oxygens (including phenoxy) is 1. The summed E-state index contributed by atoms with van der Waals surface area (Å²) in [5, 5.41) is 12.2. The van der Waals surface area contributed by atoms with Crippen LogP contribution < -0.4 is 11.1 Å². The zero-order valence-electron chi connectivity index (χ0n) is 9.64. The second-order valence-corrected chi connectivity index (χ2v) is 3.60. The molecule has 0 rings (SSSR count). The molecule has 0 atom stereocenters. The Bertz CT molecular complexity index is 257. The highest BCUT2D eigenvalue weighted by molar-refractivity contribution is 5.95. The summed E-state index contributed by atoms with van der Waals surface area (Å²) in [6, 6.07) is 0. The molecule has 0 aliphatic rings. The number of carbonyl (C=O) groups is 1. The van der Waals surface area contributed by atoms with Gasteiger partial charge in [0.05, 0.1) is 6.61 Å². The van der Waals surface area contributed by atoms with Gasteiger partial charge >= 0.3 is 0 Å². The number of aliphatic imine (C=N–C) groups is 1. The molecule has 0 saturated carbocycles. The van der Waals surface area contributed by atoms with Crippen molar-refractivity contribution in [3.05, 3.63) is 12.3 Å². The van der Waals surface area contributed by atoms with Gasteiger partial charge in [-0.15, -0.1) is 0 Å². The Hall–Kier alpha value is -1.40. The fraction of sp³-hybridized carbons (Fsp3) is 0.600. The normalized spacial score (nSPS) is 13.1. The lowest BCUT2D eigenvalue weighted by Crippen LogP contribution is -2.24. The van der Waals surface area contributed by atoms with Gasteiger partial charge in [-0.3, -0.25) is 4.79 Å². The average Bonchev–Trinajstić information content (AvgIpc) is 2.15. The number of nitrogens with zero attached hydrogens (tertiary/aromatic N) is 1. The van der Waals surface area contributed by atoms with E-state index in [4.69, 9.17) is 10.5 Å². The lowest BCUT2D eigenvalue weighted by molar-refractivity contribution is -0.175. The minimum Gasteiger partial charge on any atom is -0.391 e. The predicted octanol–water partition coefficient (Wildman–Crippen LogP) is -0.262. The molecule has 6 heteroatoms. The molecule has 0 radical (unpaired) electrons. The van der Waals surface area contributed by atoms with Crippen LogP contribution in [0.5, 0.6) is 0 Å². The van der Waals surface area contributed by atoms with Crippen LogP contribution in [0.1, 0.15) is 20.3 Å². The smallest absolute Gasteiger partial charge is 0.234 e. The molecule has 0 heterocycles. The second-order valence-electron chi connectivity index (χ2n) is 3.60. The number of nitrogens with one attached hydrogen (secondary N) is 1. The first-order chi connectivity index (χ1) is 7.45. The number of hydrogen-bond acceptors (Lipinski definition) is 4. The van der Waals surface area contributed by atoms with Crippen LogP contribution in [-0.4, -0.2) is 36.3 Å². The van der Waals surface area contributed by atoms with Crippen molar-refractivity contribution in [2.24, 2.45) is 10.7 Å². The molecule has 0 aromatic heterocycles. The summed E-state index contributed by atoms with van der Waals surface area (Å²) in [6.07, 6.45) is 4.23. The van der Waals surface area contributed by atoms with Crippen molar-refractivity contribution in [3.63, 3.8) is 0 Å². The van der Waals surface area contributed by atoms with Crippen LogP contribution in [0.15, 0.2) is 17.3 Å². The number of nitrogens with two attached hydrogens (primary N) is 1. The fourth-order valence-corrected chi connectivity index (χ4v) is 0.828. The Morgan fingerprint density at radius 3 is 2.88 bits per heavy atom. The molecule has 6 nitrogen and oxygen atoms in total. The van der Waals surface area contributed by atoms with Crippen LogP contribution in [-0.2, 0) is 9.53 Å². The zero-order chi connectivity index (χ0) is 12.4. The van der Waals surface area contributed by atoms with E-state index in [2.05, 4.69) is 10.3 Å². The average molecular weight is 229 g/mol. The summed E-state index contributed by atoms with van der Waals surface area (Å²) in [6.45, 7) is 4.30. The molecule has 16 heavy (non-hydrogen) atoms. The zero-order valence-corrected chi connectivity index (χ0v) is 9.64. The maximum Gasteiger partial charge on any atom is 0.234 e. The van der Waals surface area contributed by atoms with Crippen LogP contribution in [0.4, 0.5) is 0 Å². The molecular weight excluding hydrogens is 210 g/mol. The molecule has 92 valence electrons. The molecule has 4 N–H and O–H groups in total. The molecule has 1 amide bonds. The first kappa shape index (κ1) is 14.6. The van der Waals surface area contributed by atoms with Crippen LogP contribution in [0.2, 0.25) is 0 Å². The minimum atomic E-state index is -1.09. The fourth-order valence-electron chi connectivity index (χ4n) is 0.828. The first-order valence-corrected chi connectivity index (χ1v) is 4.99. The summed E-state index contributed by atoms with van der Waals surface area (Å²) < 4.78 is 5.09. The van der Waals surface area contributed by atoms with Gasteiger partial charge in [0.2, 0.25) is 6.41 Å². The molecule has 0 aromatic rings. The van der Waals surface area contributed by atoms with Gasteiger partial charge < -0.3 is 20.9 Å². The molecule has 0 bridgehead atoms. The summed E-state index contributed by atoms with van der Waals surface area (Å²) in [7, 11) is 0. The molecule has 0 unspecified atom stereocenters. The Morgan fingerprint density at radius 2 is 2.31 bits per heavy atom. The Morgan fingerprint density at radius 1 is 1.62 bits per heavy atom. The maximum atomic E-state index is 9.92. The van der Waals surface area contributed by atoms with Gasteiger partial charge in [-0.25, -0.2) is 0 Å². The maximum absolute atomic E-state index is 9.92. The highest BCUT2D eigenvalue weighted by atomic mass is 16.6. The van der Waals surface area contributed by atoms with Crippen LogP contribution in [0.25, 0.3) is 0 Å². The Labute approximate surface area is 95.2 Å². The molecule has 0 aromatic carbocycles. The third-order valence-electron chi connectivity index (χ3n) is 1.49. The lowest BCUT2D eigenvalue weighted by Gasteiger charge is -2.17. The molecule has 0 spiro atoms. The highest BCUT2D eigenvalue weighted by Crippen LogP contribution is 2.02. The highest BCUT2D eigenvalue weighted by Gasteiger charge is 2.10. The van der Waals surface area contributed by atoms with Crippen LogP contribution in [0, 0.1) is 0 Å². The topological polar surface area (TPSA) is 96.9 Å². The van der Waals surface area contributed by atoms with Crippen molar-refractivity contribution < 1.29 is 14.6 Å². The molecular formula is C10H19N3O3. The molecule has 0 aliphatic heterocycles. The van der Waals surface area contributed by atoms with E-state index in [1.807, 2.05) is 0 Å². The van der Waals surface area contributed by atoms with E-state index in [-0.39, 0.29) is 5.84 Å². The molecule has 0 saturated heterocycles. The van der Waals surface area contributed by atoms with Crippen molar-refractivity contribution in [2.75, 3.05) is 13.2 Å². The first-order valence-electron chi connectivity index (χ1n) is 4.99. The van der Waals surface area contributed by atoms with Gasteiger partial charge in [0.25, 0.3) is 0 Å². The van der Waals surface area contributed by atoms with E-state index < -0.39 is 5.79 Å². The van der Waals surface area contributed by atoms with E-state index in [9.17, 15) is 9.90 Å². The summed E-state index contributed by atoms with van der Waals surface area (Å²) in [5.41, 5.74) is 5.32. The number of amidine groups is 1. The second kappa shape index (κ2) is 7.84. The van der Waals surface area contributed by atoms with Crippen molar-refractivity contribution in [1.29, 1.82) is 0 Å². The number of amides is 1. The van der Waals surface area contributed by atoms with Gasteiger partial charge in [0.15, 0.2) is 5.79 Å². The van der Waals surface area contributed by atoms with Gasteiger partial charge in [0.1, 0.15) is 5.84 Å². The van der Waals surface area contributed by atoms with E-state index in [0.29, 0.717) is 19.6 Å². The van der Waals surface area contributed by atoms with Gasteiger partial charge in [-0.2, -0.15) is 4.99 Å². The van der Waals surface area contributed by atoms with Crippen molar-refractivity contribution >= 4 is 12.2 Å². The summed E-state index contributed by atoms with van der Waals surface area (Å²) in [4.78, 5) is 13.2. The van der Waals surface area contributed by atoms with E-state index in [0.717, 1.165) is 6.42 Å². The van der Waals surface area contributed by atoms with Crippen molar-refractivity contribution in [1.82, 2.24) is 5.32 Å². The van der Waals surface area contributed by atoms with Crippen LogP contribution in [0.3, 0.4) is 0 Å². The largest absolute Gasteiger partial charge is 0.391 e. The van der Waals surface area contributed by atoms with Crippen LogP contribution >= 0.6 is 0 Å². The third-order valence-corrected chi connectivity index (χ3v) is 1.49. The predicted molar refractivity (Wildman–Crippen MR) is 61.7 cm³/mol. The standard InChI is InChI=1S/C10H19N3O3/c1-10(2,15)16-7-3-5-12-6-4-9(11)13-8-14/h4,6,8,12,15H,3,5,7H2,1-2H3,(H2,11,13,14)/b6-4-. The van der Waals surface area contributed by atoms with E-state index in [1.54, 1.807) is 20.0 Å². The lowest BCUT2D eigenvalue weighted by atomic mass is 10.4. The van der Waals surface area contributed by atoms with E-state index in [1.165, 1.54) is 6.08 Å². The number of hydrogen-bond donors (Lipinski definition) is 3. The Kier molecular flexibility index (Phi) is 7.15. The van der Waals surface area contributed by atoms with Crippen molar-refractivity contribution in [2.45, 2.75) is 26.1 Å². The monoisotopic (exact) mass is 229 g/mol. The molecule has 0 aliphatic carbocycles. The number of rotatable bonds is 8. The van der Waals surface area contributed by atoms with Crippen molar-refractivity contribution in [3.8, 4) is 0 Å². The van der Waals surface area contributed by atoms with Gasteiger partial charge in [-0.1, -0.05) is 0 Å². The van der Waals surface area contributed by atoms with Gasteiger partial charge in [0, 0.05) is 12.7 Å². The number of aliphatic hydroxyl groups is 1. The SMILES string of the molecule is CC(C)(O)OCCCN/C=C\C(N)=NC=O. The third kappa shape index (κ3) is 10.7. The Balaban J connectivity index is 3.47. The van der Waals surface area contributed by atoms with E-state index >= 15 is 0 Å².